The SMILES string of the molecule is CC(C)c1ccsc1C12CC3CC(CC(C3)C1)C2. The van der Waals surface area contributed by atoms with E-state index in [4.69, 9.17) is 0 Å². The Kier molecular flexibility index (Phi) is 2.46. The van der Waals surface area contributed by atoms with Crippen molar-refractivity contribution in [2.24, 2.45) is 17.8 Å². The van der Waals surface area contributed by atoms with E-state index >= 15 is 0 Å². The van der Waals surface area contributed by atoms with Gasteiger partial charge in [-0.15, -0.1) is 11.3 Å². The molecule has 98 valence electrons. The molecule has 18 heavy (non-hydrogen) atoms. The van der Waals surface area contributed by atoms with Crippen LogP contribution in [0.5, 0.6) is 0 Å². The van der Waals surface area contributed by atoms with Crippen LogP contribution in [0.1, 0.15) is 68.7 Å². The second-order valence-electron chi connectivity index (χ2n) is 7.56. The van der Waals surface area contributed by atoms with Crippen molar-refractivity contribution in [1.29, 1.82) is 0 Å². The van der Waals surface area contributed by atoms with Crippen LogP contribution in [0, 0.1) is 17.8 Å². The van der Waals surface area contributed by atoms with Crippen molar-refractivity contribution in [2.75, 3.05) is 0 Å². The zero-order chi connectivity index (χ0) is 12.3. The van der Waals surface area contributed by atoms with Crippen molar-refractivity contribution in [3.8, 4) is 0 Å². The third-order valence-electron chi connectivity index (χ3n) is 5.84. The maximum Gasteiger partial charge on any atom is 0.0142 e. The Morgan fingerprint density at radius 3 is 2.11 bits per heavy atom. The second kappa shape index (κ2) is 3.85. The molecule has 0 N–H and O–H groups in total. The van der Waals surface area contributed by atoms with Gasteiger partial charge in [0.25, 0.3) is 0 Å². The molecule has 5 rings (SSSR count). The van der Waals surface area contributed by atoms with Crippen LogP contribution >= 0.6 is 11.3 Å². The van der Waals surface area contributed by atoms with Gasteiger partial charge in [0.2, 0.25) is 0 Å². The molecule has 0 atom stereocenters. The summed E-state index contributed by atoms with van der Waals surface area (Å²) in [6.45, 7) is 4.73. The summed E-state index contributed by atoms with van der Waals surface area (Å²) in [6.07, 6.45) is 9.21. The molecule has 4 bridgehead atoms. The van der Waals surface area contributed by atoms with E-state index in [0.29, 0.717) is 11.3 Å². The highest BCUT2D eigenvalue weighted by molar-refractivity contribution is 7.10. The highest BCUT2D eigenvalue weighted by Crippen LogP contribution is 2.62. The Labute approximate surface area is 115 Å². The predicted octanol–water partition coefficient (Wildman–Crippen LogP) is 5.34. The van der Waals surface area contributed by atoms with E-state index in [2.05, 4.69) is 36.6 Å². The predicted molar refractivity (Wildman–Crippen MR) is 78.3 cm³/mol. The van der Waals surface area contributed by atoms with E-state index in [0.717, 1.165) is 17.8 Å². The van der Waals surface area contributed by atoms with Gasteiger partial charge >= 0.3 is 0 Å². The van der Waals surface area contributed by atoms with Crippen LogP contribution in [0.4, 0.5) is 0 Å². The van der Waals surface area contributed by atoms with Crippen LogP contribution in [0.15, 0.2) is 11.4 Å². The van der Waals surface area contributed by atoms with Crippen molar-refractivity contribution in [2.45, 2.75) is 63.7 Å². The minimum Gasteiger partial charge on any atom is -0.148 e. The maximum atomic E-state index is 2.41. The normalized spacial score (nSPS) is 41.8. The second-order valence-corrected chi connectivity index (χ2v) is 8.47. The molecule has 4 aliphatic rings. The molecule has 4 aliphatic carbocycles. The lowest BCUT2D eigenvalue weighted by Crippen LogP contribution is -2.48. The van der Waals surface area contributed by atoms with E-state index in [1.807, 2.05) is 0 Å². The van der Waals surface area contributed by atoms with Gasteiger partial charge in [0.15, 0.2) is 0 Å². The molecule has 1 heteroatoms. The van der Waals surface area contributed by atoms with Gasteiger partial charge in [-0.25, -0.2) is 0 Å². The van der Waals surface area contributed by atoms with Crippen LogP contribution in [-0.4, -0.2) is 0 Å². The lowest BCUT2D eigenvalue weighted by Gasteiger charge is -2.57. The van der Waals surface area contributed by atoms with Gasteiger partial charge in [0.1, 0.15) is 0 Å². The fourth-order valence-electron chi connectivity index (χ4n) is 5.59. The number of rotatable bonds is 2. The van der Waals surface area contributed by atoms with Crippen LogP contribution in [0.25, 0.3) is 0 Å². The van der Waals surface area contributed by atoms with Crippen LogP contribution < -0.4 is 0 Å². The largest absolute Gasteiger partial charge is 0.148 e. The minimum atomic E-state index is 0.614. The lowest BCUT2D eigenvalue weighted by atomic mass is 9.49. The molecule has 1 heterocycles. The number of hydrogen-bond donors (Lipinski definition) is 0. The molecular weight excluding hydrogens is 236 g/mol. The van der Waals surface area contributed by atoms with Gasteiger partial charge in [-0.2, -0.15) is 0 Å². The van der Waals surface area contributed by atoms with Crippen molar-refractivity contribution in [3.05, 3.63) is 21.9 Å². The van der Waals surface area contributed by atoms with Gasteiger partial charge in [-0.05, 0) is 79.2 Å². The van der Waals surface area contributed by atoms with Gasteiger partial charge in [0, 0.05) is 10.3 Å². The molecule has 0 aromatic carbocycles. The highest BCUT2D eigenvalue weighted by Gasteiger charge is 2.52. The summed E-state index contributed by atoms with van der Waals surface area (Å²) >= 11 is 2.07. The molecule has 1 aromatic rings. The molecule has 0 radical (unpaired) electrons. The first-order valence-corrected chi connectivity index (χ1v) is 8.62. The summed E-state index contributed by atoms with van der Waals surface area (Å²) in [6, 6.07) is 2.41. The fourth-order valence-corrected chi connectivity index (χ4v) is 6.88. The molecule has 4 saturated carbocycles. The molecule has 0 aliphatic heterocycles. The summed E-state index contributed by atoms with van der Waals surface area (Å²) in [5, 5.41) is 2.35. The van der Waals surface area contributed by atoms with E-state index < -0.39 is 0 Å². The number of thiophene rings is 1. The Morgan fingerprint density at radius 1 is 1.06 bits per heavy atom. The van der Waals surface area contributed by atoms with E-state index in [-0.39, 0.29) is 0 Å². The molecule has 0 spiro atoms. The van der Waals surface area contributed by atoms with Gasteiger partial charge in [-0.3, -0.25) is 0 Å². The summed E-state index contributed by atoms with van der Waals surface area (Å²) < 4.78 is 0. The number of hydrogen-bond acceptors (Lipinski definition) is 1. The van der Waals surface area contributed by atoms with Crippen LogP contribution in [0.3, 0.4) is 0 Å². The zero-order valence-electron chi connectivity index (χ0n) is 11.6. The Balaban J connectivity index is 1.77. The first-order chi connectivity index (χ1) is 8.66. The molecule has 0 nitrogen and oxygen atoms in total. The van der Waals surface area contributed by atoms with E-state index in [1.165, 1.54) is 19.3 Å². The summed E-state index contributed by atoms with van der Waals surface area (Å²) in [5.74, 6) is 3.91. The van der Waals surface area contributed by atoms with Gasteiger partial charge in [-0.1, -0.05) is 13.8 Å². The summed E-state index contributed by atoms with van der Waals surface area (Å²) in [5.41, 5.74) is 2.28. The fraction of sp³-hybridized carbons (Fsp3) is 0.765. The van der Waals surface area contributed by atoms with Crippen molar-refractivity contribution < 1.29 is 0 Å². The van der Waals surface area contributed by atoms with E-state index in [9.17, 15) is 0 Å². The van der Waals surface area contributed by atoms with Crippen LogP contribution in [0.2, 0.25) is 0 Å². The average molecular weight is 260 g/mol. The van der Waals surface area contributed by atoms with Gasteiger partial charge in [0.05, 0.1) is 0 Å². The topological polar surface area (TPSA) is 0 Å². The van der Waals surface area contributed by atoms with Crippen molar-refractivity contribution in [1.82, 2.24) is 0 Å². The van der Waals surface area contributed by atoms with Crippen molar-refractivity contribution in [3.63, 3.8) is 0 Å². The Bertz CT molecular complexity index is 419. The highest BCUT2D eigenvalue weighted by atomic mass is 32.1. The third kappa shape index (κ3) is 1.56. The Hall–Kier alpha value is -0.300. The van der Waals surface area contributed by atoms with Crippen LogP contribution in [-0.2, 0) is 5.41 Å². The summed E-state index contributed by atoms with van der Waals surface area (Å²) in [4.78, 5) is 1.79. The molecule has 4 fully saturated rings. The van der Waals surface area contributed by atoms with E-state index in [1.54, 1.807) is 29.7 Å². The zero-order valence-corrected chi connectivity index (χ0v) is 12.4. The quantitative estimate of drug-likeness (QED) is 0.673. The standard InChI is InChI=1S/C17H24S/c1-11(2)15-3-4-18-16(15)17-8-12-5-13(9-17)7-14(6-12)10-17/h3-4,11-14H,5-10H2,1-2H3. The third-order valence-corrected chi connectivity index (χ3v) is 7.01. The molecule has 0 amide bonds. The monoisotopic (exact) mass is 260 g/mol. The first kappa shape index (κ1) is 11.5. The summed E-state index contributed by atoms with van der Waals surface area (Å²) in [7, 11) is 0. The molecular formula is C17H24S. The smallest absolute Gasteiger partial charge is 0.0142 e. The van der Waals surface area contributed by atoms with Gasteiger partial charge < -0.3 is 0 Å². The minimum absolute atomic E-state index is 0.614. The molecule has 1 aromatic heterocycles. The molecule has 0 unspecified atom stereocenters. The average Bonchev–Trinajstić information content (AvgIpc) is 2.76. The molecule has 0 saturated heterocycles. The Morgan fingerprint density at radius 2 is 1.61 bits per heavy atom. The maximum absolute atomic E-state index is 2.41. The van der Waals surface area contributed by atoms with Crippen molar-refractivity contribution >= 4 is 11.3 Å². The lowest BCUT2D eigenvalue weighted by molar-refractivity contribution is -0.00390. The first-order valence-electron chi connectivity index (χ1n) is 7.74.